The lowest BCUT2D eigenvalue weighted by molar-refractivity contribution is 0.174. The molecule has 0 heterocycles. The standard InChI is InChI=1S/C15H12BrCl2FO/c16-11-5-4-9(14(18)8-11)6-12(20)7-10-2-1-3-13(17)15(10)19/h1-5,8,12,20H,6-7H2. The van der Waals surface area contributed by atoms with Gasteiger partial charge in [0.05, 0.1) is 11.1 Å². The van der Waals surface area contributed by atoms with Gasteiger partial charge in [-0.05, 0) is 29.3 Å². The van der Waals surface area contributed by atoms with Crippen molar-refractivity contribution in [3.63, 3.8) is 0 Å². The second-order valence-corrected chi connectivity index (χ2v) is 6.24. The van der Waals surface area contributed by atoms with Gasteiger partial charge in [-0.2, -0.15) is 0 Å². The van der Waals surface area contributed by atoms with Crippen LogP contribution in [0.2, 0.25) is 10.0 Å². The maximum Gasteiger partial charge on any atom is 0.145 e. The number of aliphatic hydroxyl groups excluding tert-OH is 1. The van der Waals surface area contributed by atoms with Crippen LogP contribution in [0.3, 0.4) is 0 Å². The van der Waals surface area contributed by atoms with Crippen molar-refractivity contribution in [2.45, 2.75) is 18.9 Å². The van der Waals surface area contributed by atoms with Crippen LogP contribution < -0.4 is 0 Å². The first-order valence-electron chi connectivity index (χ1n) is 6.02. The van der Waals surface area contributed by atoms with Gasteiger partial charge < -0.3 is 5.11 Å². The Bertz CT molecular complexity index is 619. The number of halogens is 4. The van der Waals surface area contributed by atoms with Gasteiger partial charge in [0.15, 0.2) is 0 Å². The van der Waals surface area contributed by atoms with Crippen molar-refractivity contribution < 1.29 is 9.50 Å². The van der Waals surface area contributed by atoms with E-state index in [4.69, 9.17) is 23.2 Å². The van der Waals surface area contributed by atoms with Crippen LogP contribution in [0.15, 0.2) is 40.9 Å². The Hall–Kier alpha value is -0.610. The molecule has 1 unspecified atom stereocenters. The highest BCUT2D eigenvalue weighted by Gasteiger charge is 2.13. The van der Waals surface area contributed by atoms with Crippen molar-refractivity contribution in [3.8, 4) is 0 Å². The molecule has 0 saturated heterocycles. The van der Waals surface area contributed by atoms with Gasteiger partial charge in [0.2, 0.25) is 0 Å². The summed E-state index contributed by atoms with van der Waals surface area (Å²) in [4.78, 5) is 0. The van der Waals surface area contributed by atoms with Crippen LogP contribution in [-0.4, -0.2) is 11.2 Å². The van der Waals surface area contributed by atoms with Crippen LogP contribution >= 0.6 is 39.1 Å². The smallest absolute Gasteiger partial charge is 0.145 e. The van der Waals surface area contributed by atoms with E-state index in [0.29, 0.717) is 17.0 Å². The van der Waals surface area contributed by atoms with E-state index in [-0.39, 0.29) is 11.4 Å². The molecule has 0 bridgehead atoms. The van der Waals surface area contributed by atoms with Crippen LogP contribution in [0, 0.1) is 5.82 Å². The van der Waals surface area contributed by atoms with Crippen LogP contribution in [0.1, 0.15) is 11.1 Å². The number of hydrogen-bond donors (Lipinski definition) is 1. The van der Waals surface area contributed by atoms with E-state index in [9.17, 15) is 9.50 Å². The van der Waals surface area contributed by atoms with Gasteiger partial charge >= 0.3 is 0 Å². The predicted octanol–water partition coefficient (Wildman–Crippen LogP) is 5.04. The van der Waals surface area contributed by atoms with E-state index < -0.39 is 11.9 Å². The maximum absolute atomic E-state index is 13.8. The first kappa shape index (κ1) is 15.8. The maximum atomic E-state index is 13.8. The highest BCUT2D eigenvalue weighted by atomic mass is 79.9. The molecule has 0 aliphatic carbocycles. The fourth-order valence-corrected chi connectivity index (χ4v) is 2.92. The Morgan fingerprint density at radius 2 is 1.75 bits per heavy atom. The Labute approximate surface area is 135 Å². The molecule has 1 N–H and O–H groups in total. The van der Waals surface area contributed by atoms with Gasteiger partial charge in [-0.1, -0.05) is 57.3 Å². The molecule has 2 aromatic carbocycles. The van der Waals surface area contributed by atoms with Crippen LogP contribution in [0.5, 0.6) is 0 Å². The monoisotopic (exact) mass is 376 g/mol. The zero-order chi connectivity index (χ0) is 14.7. The van der Waals surface area contributed by atoms with Crippen LogP contribution in [0.25, 0.3) is 0 Å². The number of benzene rings is 2. The van der Waals surface area contributed by atoms with Gasteiger partial charge in [-0.15, -0.1) is 0 Å². The zero-order valence-corrected chi connectivity index (χ0v) is 13.5. The molecular formula is C15H12BrCl2FO. The summed E-state index contributed by atoms with van der Waals surface area (Å²) >= 11 is 15.1. The minimum atomic E-state index is -0.721. The van der Waals surface area contributed by atoms with E-state index in [0.717, 1.165) is 10.0 Å². The topological polar surface area (TPSA) is 20.2 Å². The van der Waals surface area contributed by atoms with Crippen molar-refractivity contribution in [3.05, 3.63) is 67.9 Å². The zero-order valence-electron chi connectivity index (χ0n) is 10.4. The van der Waals surface area contributed by atoms with Crippen LogP contribution in [0.4, 0.5) is 4.39 Å². The second-order valence-electron chi connectivity index (χ2n) is 4.51. The highest BCUT2D eigenvalue weighted by molar-refractivity contribution is 9.10. The first-order valence-corrected chi connectivity index (χ1v) is 7.57. The lowest BCUT2D eigenvalue weighted by Gasteiger charge is -2.13. The number of rotatable bonds is 4. The Balaban J connectivity index is 2.09. The molecule has 0 saturated carbocycles. The Morgan fingerprint density at radius 1 is 1.05 bits per heavy atom. The third-order valence-electron chi connectivity index (χ3n) is 2.96. The average Bonchev–Trinajstić information content (AvgIpc) is 2.38. The van der Waals surface area contributed by atoms with E-state index in [2.05, 4.69) is 15.9 Å². The molecule has 0 aliphatic rings. The Morgan fingerprint density at radius 3 is 2.45 bits per heavy atom. The summed E-state index contributed by atoms with van der Waals surface area (Å²) in [7, 11) is 0. The van der Waals surface area contributed by atoms with Crippen molar-refractivity contribution >= 4 is 39.1 Å². The number of hydrogen-bond acceptors (Lipinski definition) is 1. The molecule has 0 aliphatic heterocycles. The summed E-state index contributed by atoms with van der Waals surface area (Å²) in [5.41, 5.74) is 1.23. The molecule has 0 radical (unpaired) electrons. The fraction of sp³-hybridized carbons (Fsp3) is 0.200. The largest absolute Gasteiger partial charge is 0.392 e. The van der Waals surface area contributed by atoms with Gasteiger partial charge in [-0.3, -0.25) is 0 Å². The number of aliphatic hydroxyl groups is 1. The second kappa shape index (κ2) is 6.90. The average molecular weight is 378 g/mol. The molecule has 1 atom stereocenters. The molecule has 0 aromatic heterocycles. The molecule has 0 fully saturated rings. The van der Waals surface area contributed by atoms with E-state index in [1.165, 1.54) is 6.07 Å². The fourth-order valence-electron chi connectivity index (χ4n) is 1.97. The van der Waals surface area contributed by atoms with E-state index in [1.807, 2.05) is 12.1 Å². The lowest BCUT2D eigenvalue weighted by atomic mass is 10.0. The van der Waals surface area contributed by atoms with E-state index in [1.54, 1.807) is 18.2 Å². The summed E-state index contributed by atoms with van der Waals surface area (Å²) < 4.78 is 14.6. The molecular weight excluding hydrogens is 366 g/mol. The van der Waals surface area contributed by atoms with Crippen molar-refractivity contribution in [2.24, 2.45) is 0 Å². The molecule has 20 heavy (non-hydrogen) atoms. The van der Waals surface area contributed by atoms with Gasteiger partial charge in [0, 0.05) is 22.3 Å². The van der Waals surface area contributed by atoms with Gasteiger partial charge in [-0.25, -0.2) is 4.39 Å². The molecule has 106 valence electrons. The van der Waals surface area contributed by atoms with Gasteiger partial charge in [0.1, 0.15) is 5.82 Å². The third-order valence-corrected chi connectivity index (χ3v) is 4.09. The first-order chi connectivity index (χ1) is 9.47. The lowest BCUT2D eigenvalue weighted by Crippen LogP contribution is -2.15. The minimum Gasteiger partial charge on any atom is -0.392 e. The minimum absolute atomic E-state index is 0.0661. The van der Waals surface area contributed by atoms with Crippen molar-refractivity contribution in [1.82, 2.24) is 0 Å². The summed E-state index contributed by atoms with van der Waals surface area (Å²) in [6.45, 7) is 0. The summed E-state index contributed by atoms with van der Waals surface area (Å²) in [5, 5.41) is 10.7. The molecule has 2 aromatic rings. The normalized spacial score (nSPS) is 12.4. The van der Waals surface area contributed by atoms with Crippen molar-refractivity contribution in [1.29, 1.82) is 0 Å². The Kier molecular flexibility index (Phi) is 5.44. The molecule has 2 rings (SSSR count). The van der Waals surface area contributed by atoms with Crippen molar-refractivity contribution in [2.75, 3.05) is 0 Å². The SMILES string of the molecule is OC(Cc1ccc(Br)cc1Cl)Cc1cccc(Cl)c1F. The summed E-state index contributed by atoms with van der Waals surface area (Å²) in [5.74, 6) is -0.477. The molecule has 5 heteroatoms. The molecule has 0 spiro atoms. The summed E-state index contributed by atoms with van der Waals surface area (Å²) in [6, 6.07) is 10.2. The summed E-state index contributed by atoms with van der Waals surface area (Å²) in [6.07, 6.45) is -0.168. The quantitative estimate of drug-likeness (QED) is 0.791. The predicted molar refractivity (Wildman–Crippen MR) is 84.0 cm³/mol. The highest BCUT2D eigenvalue weighted by Crippen LogP contribution is 2.24. The molecule has 0 amide bonds. The molecule has 1 nitrogen and oxygen atoms in total. The van der Waals surface area contributed by atoms with Crippen LogP contribution in [-0.2, 0) is 12.8 Å². The van der Waals surface area contributed by atoms with Gasteiger partial charge in [0.25, 0.3) is 0 Å². The third kappa shape index (κ3) is 3.95. The van der Waals surface area contributed by atoms with E-state index >= 15 is 0 Å².